The van der Waals surface area contributed by atoms with Gasteiger partial charge in [0.25, 0.3) is 0 Å². The van der Waals surface area contributed by atoms with Gasteiger partial charge in [-0.2, -0.15) is 5.10 Å². The van der Waals surface area contributed by atoms with Crippen LogP contribution in [0.25, 0.3) is 0 Å². The van der Waals surface area contributed by atoms with Crippen LogP contribution in [0.4, 0.5) is 4.39 Å². The fourth-order valence-corrected chi connectivity index (χ4v) is 4.49. The average molecular weight is 329 g/mol. The molecular formula is C19H24FN3O. The molecule has 0 bridgehead atoms. The van der Waals surface area contributed by atoms with E-state index >= 15 is 0 Å². The van der Waals surface area contributed by atoms with Crippen molar-refractivity contribution in [3.8, 4) is 0 Å². The van der Waals surface area contributed by atoms with Gasteiger partial charge in [-0.1, -0.05) is 18.2 Å². The Morgan fingerprint density at radius 1 is 1.17 bits per heavy atom. The summed E-state index contributed by atoms with van der Waals surface area (Å²) in [6.07, 6.45) is 6.21. The third-order valence-corrected chi connectivity index (χ3v) is 5.68. The van der Waals surface area contributed by atoms with Gasteiger partial charge < -0.3 is 4.74 Å². The van der Waals surface area contributed by atoms with Crippen molar-refractivity contribution in [1.29, 1.82) is 0 Å². The van der Waals surface area contributed by atoms with E-state index in [0.29, 0.717) is 24.4 Å². The number of nitrogens with zero attached hydrogens (tertiary/aromatic N) is 3. The van der Waals surface area contributed by atoms with Crippen LogP contribution in [0.3, 0.4) is 0 Å². The van der Waals surface area contributed by atoms with Crippen molar-refractivity contribution in [2.75, 3.05) is 20.2 Å². The molecule has 1 saturated carbocycles. The van der Waals surface area contributed by atoms with Crippen LogP contribution in [-0.4, -0.2) is 41.0 Å². The number of methoxy groups -OCH3 is 1. The Bertz CT molecular complexity index is 675. The summed E-state index contributed by atoms with van der Waals surface area (Å²) >= 11 is 0. The largest absolute Gasteiger partial charge is 0.379 e. The fourth-order valence-electron chi connectivity index (χ4n) is 4.49. The van der Waals surface area contributed by atoms with Crippen LogP contribution in [0.15, 0.2) is 42.7 Å². The van der Waals surface area contributed by atoms with Gasteiger partial charge in [-0.05, 0) is 36.8 Å². The minimum absolute atomic E-state index is 0.100. The highest BCUT2D eigenvalue weighted by Crippen LogP contribution is 2.42. The minimum Gasteiger partial charge on any atom is -0.379 e. The van der Waals surface area contributed by atoms with Gasteiger partial charge in [0.1, 0.15) is 5.82 Å². The lowest BCUT2D eigenvalue weighted by Gasteiger charge is -2.37. The van der Waals surface area contributed by atoms with Gasteiger partial charge in [0.05, 0.1) is 12.1 Å². The monoisotopic (exact) mass is 329 g/mol. The molecule has 2 aromatic rings. The van der Waals surface area contributed by atoms with Crippen LogP contribution < -0.4 is 0 Å². The Labute approximate surface area is 142 Å². The van der Waals surface area contributed by atoms with Crippen LogP contribution >= 0.6 is 0 Å². The van der Waals surface area contributed by atoms with Gasteiger partial charge in [0, 0.05) is 44.7 Å². The number of ether oxygens (including phenoxy) is 1. The summed E-state index contributed by atoms with van der Waals surface area (Å²) < 4.78 is 21.7. The predicted octanol–water partition coefficient (Wildman–Crippen LogP) is 3.12. The van der Waals surface area contributed by atoms with E-state index in [4.69, 9.17) is 4.74 Å². The van der Waals surface area contributed by atoms with E-state index in [1.165, 1.54) is 0 Å². The summed E-state index contributed by atoms with van der Waals surface area (Å²) in [6.45, 7) is 2.77. The molecule has 1 aliphatic heterocycles. The molecule has 4 nitrogen and oxygen atoms in total. The molecule has 1 saturated heterocycles. The Morgan fingerprint density at radius 2 is 1.96 bits per heavy atom. The molecule has 128 valence electrons. The Kier molecular flexibility index (Phi) is 4.37. The smallest absolute Gasteiger partial charge is 0.127 e. The molecule has 2 fully saturated rings. The van der Waals surface area contributed by atoms with E-state index < -0.39 is 0 Å². The van der Waals surface area contributed by atoms with E-state index in [0.717, 1.165) is 31.5 Å². The molecule has 4 rings (SSSR count). The summed E-state index contributed by atoms with van der Waals surface area (Å²) in [5, 5.41) is 4.42. The SMILES string of the molecule is CO[C@H]1C[C@@H]2CN(Cc3ccccc3F)C[C@@H]2C[C@@H]1n1cccn1. The first-order valence-electron chi connectivity index (χ1n) is 8.72. The van der Waals surface area contributed by atoms with Crippen LogP contribution in [0.1, 0.15) is 24.4 Å². The Hall–Kier alpha value is -1.72. The second kappa shape index (κ2) is 6.65. The second-order valence-electron chi connectivity index (χ2n) is 7.10. The maximum Gasteiger partial charge on any atom is 0.127 e. The van der Waals surface area contributed by atoms with Crippen LogP contribution in [-0.2, 0) is 11.3 Å². The molecular weight excluding hydrogens is 305 g/mol. The highest BCUT2D eigenvalue weighted by atomic mass is 19.1. The number of hydrogen-bond donors (Lipinski definition) is 0. The van der Waals surface area contributed by atoms with Crippen molar-refractivity contribution in [3.05, 3.63) is 54.1 Å². The zero-order valence-corrected chi connectivity index (χ0v) is 14.0. The number of fused-ring (bicyclic) bond motifs is 1. The van der Waals surface area contributed by atoms with Crippen LogP contribution in [0.5, 0.6) is 0 Å². The first-order chi connectivity index (χ1) is 11.7. The number of hydrogen-bond acceptors (Lipinski definition) is 3. The second-order valence-corrected chi connectivity index (χ2v) is 7.10. The van der Waals surface area contributed by atoms with Crippen molar-refractivity contribution in [1.82, 2.24) is 14.7 Å². The van der Waals surface area contributed by atoms with Crippen molar-refractivity contribution in [2.45, 2.75) is 31.5 Å². The van der Waals surface area contributed by atoms with E-state index in [1.54, 1.807) is 19.2 Å². The predicted molar refractivity (Wildman–Crippen MR) is 90.0 cm³/mol. The van der Waals surface area contributed by atoms with Gasteiger partial charge in [-0.15, -0.1) is 0 Å². The number of aromatic nitrogens is 2. The highest BCUT2D eigenvalue weighted by molar-refractivity contribution is 5.17. The lowest BCUT2D eigenvalue weighted by atomic mass is 9.77. The maximum absolute atomic E-state index is 13.9. The zero-order chi connectivity index (χ0) is 16.5. The van der Waals surface area contributed by atoms with E-state index in [1.807, 2.05) is 35.3 Å². The van der Waals surface area contributed by atoms with Crippen LogP contribution in [0.2, 0.25) is 0 Å². The molecule has 24 heavy (non-hydrogen) atoms. The molecule has 0 N–H and O–H groups in total. The molecule has 0 spiro atoms. The Balaban J connectivity index is 1.46. The topological polar surface area (TPSA) is 30.3 Å². The van der Waals surface area contributed by atoms with E-state index in [2.05, 4.69) is 10.00 Å². The summed E-state index contributed by atoms with van der Waals surface area (Å²) in [6, 6.07) is 9.38. The Morgan fingerprint density at radius 3 is 2.67 bits per heavy atom. The molecule has 2 heterocycles. The molecule has 5 heteroatoms. The molecule has 1 aliphatic carbocycles. The summed E-state index contributed by atoms with van der Waals surface area (Å²) in [5.41, 5.74) is 0.795. The third kappa shape index (κ3) is 2.98. The van der Waals surface area contributed by atoms with Gasteiger partial charge in [-0.25, -0.2) is 4.39 Å². The van der Waals surface area contributed by atoms with Crippen molar-refractivity contribution < 1.29 is 9.13 Å². The molecule has 4 atom stereocenters. The summed E-state index contributed by atoms with van der Waals surface area (Å²) in [5.74, 6) is 1.17. The molecule has 0 amide bonds. The minimum atomic E-state index is -0.100. The van der Waals surface area contributed by atoms with Crippen LogP contribution in [0, 0.1) is 17.7 Å². The lowest BCUT2D eigenvalue weighted by molar-refractivity contribution is -0.00486. The number of halogens is 1. The summed E-state index contributed by atoms with van der Waals surface area (Å²) in [7, 11) is 1.80. The van der Waals surface area contributed by atoms with Gasteiger partial charge in [0.15, 0.2) is 0 Å². The maximum atomic E-state index is 13.9. The first-order valence-corrected chi connectivity index (χ1v) is 8.72. The molecule has 0 radical (unpaired) electrons. The third-order valence-electron chi connectivity index (χ3n) is 5.68. The molecule has 2 aliphatic rings. The standard InChI is InChI=1S/C19H24FN3O/c1-24-19-10-16-13-22(11-14-5-2-3-6-17(14)20)12-15(16)9-18(19)23-8-4-7-21-23/h2-8,15-16,18-19H,9-13H2,1H3/t15-,16+,18-,19-/m0/s1. The summed E-state index contributed by atoms with van der Waals surface area (Å²) in [4.78, 5) is 2.39. The molecule has 0 unspecified atom stereocenters. The highest BCUT2D eigenvalue weighted by Gasteiger charge is 2.43. The quantitative estimate of drug-likeness (QED) is 0.863. The molecule has 1 aromatic heterocycles. The van der Waals surface area contributed by atoms with Crippen molar-refractivity contribution >= 4 is 0 Å². The van der Waals surface area contributed by atoms with Gasteiger partial charge in [-0.3, -0.25) is 9.58 Å². The first kappa shape index (κ1) is 15.8. The average Bonchev–Trinajstić information content (AvgIpc) is 3.24. The zero-order valence-electron chi connectivity index (χ0n) is 14.0. The van der Waals surface area contributed by atoms with E-state index in [9.17, 15) is 4.39 Å². The normalized spacial score (nSPS) is 30.4. The van der Waals surface area contributed by atoms with Crippen molar-refractivity contribution in [3.63, 3.8) is 0 Å². The fraction of sp³-hybridized carbons (Fsp3) is 0.526. The van der Waals surface area contributed by atoms with E-state index in [-0.39, 0.29) is 11.9 Å². The number of rotatable bonds is 4. The molecule has 1 aromatic carbocycles. The lowest BCUT2D eigenvalue weighted by Crippen LogP contribution is -2.37. The number of likely N-dealkylation sites (tertiary alicyclic amines) is 1. The van der Waals surface area contributed by atoms with Crippen molar-refractivity contribution in [2.24, 2.45) is 11.8 Å². The van der Waals surface area contributed by atoms with Gasteiger partial charge in [0.2, 0.25) is 0 Å². The van der Waals surface area contributed by atoms with Gasteiger partial charge >= 0.3 is 0 Å². The number of benzene rings is 1.